The smallest absolute Gasteiger partial charge is 0.328 e. The first kappa shape index (κ1) is 37.6. The molecule has 4 aliphatic heterocycles. The molecule has 2 N–H and O–H groups in total. The monoisotopic (exact) mass is 759 g/mol. The number of urea groups is 1. The predicted molar refractivity (Wildman–Crippen MR) is 217 cm³/mol. The van der Waals surface area contributed by atoms with Gasteiger partial charge in [-0.05, 0) is 73.1 Å². The van der Waals surface area contributed by atoms with E-state index in [1.807, 2.05) is 23.1 Å². The zero-order valence-electron chi connectivity index (χ0n) is 32.8. The van der Waals surface area contributed by atoms with Crippen LogP contribution in [0.15, 0.2) is 60.9 Å². The molecule has 56 heavy (non-hydrogen) atoms. The van der Waals surface area contributed by atoms with Gasteiger partial charge in [-0.25, -0.2) is 14.8 Å². The number of amides is 4. The summed E-state index contributed by atoms with van der Waals surface area (Å²) in [7, 11) is 0. The largest absolute Gasteiger partial charge is 0.372 e. The van der Waals surface area contributed by atoms with Gasteiger partial charge < -0.3 is 15.1 Å². The van der Waals surface area contributed by atoms with E-state index < -0.39 is 0 Å². The Morgan fingerprint density at radius 2 is 1.61 bits per heavy atom. The SMILES string of the molecule is Cc1cc(-c2cc(Nc3cc4n(n3)CCN(CC3CCN(c5ccc(N6CCC(=O)NC6=O)cc5)CC3)C4)ncn2)ccc1CN1CCN(CC(C)C)CC1=O. The second kappa shape index (κ2) is 16.4. The van der Waals surface area contributed by atoms with Gasteiger partial charge in [0, 0.05) is 101 Å². The van der Waals surface area contributed by atoms with E-state index in [0.717, 1.165) is 106 Å². The minimum absolute atomic E-state index is 0.200. The van der Waals surface area contributed by atoms with E-state index in [0.29, 0.717) is 43.7 Å². The molecule has 3 fully saturated rings. The molecule has 0 saturated carbocycles. The molecule has 4 aliphatic rings. The second-order valence-electron chi connectivity index (χ2n) is 16.2. The van der Waals surface area contributed by atoms with E-state index in [2.05, 4.69) is 97.2 Å². The van der Waals surface area contributed by atoms with Crippen LogP contribution in [0.25, 0.3) is 11.3 Å². The number of nitrogens with one attached hydrogen (secondary N) is 2. The van der Waals surface area contributed by atoms with E-state index in [4.69, 9.17) is 5.10 Å². The molecule has 14 nitrogen and oxygen atoms in total. The lowest BCUT2D eigenvalue weighted by molar-refractivity contribution is -0.136. The minimum atomic E-state index is -0.352. The second-order valence-corrected chi connectivity index (χ2v) is 16.2. The normalized spacial score (nSPS) is 18.8. The summed E-state index contributed by atoms with van der Waals surface area (Å²) in [6.07, 6.45) is 4.18. The summed E-state index contributed by atoms with van der Waals surface area (Å²) in [5, 5.41) is 10.7. The van der Waals surface area contributed by atoms with Crippen molar-refractivity contribution in [3.05, 3.63) is 77.7 Å². The molecule has 8 rings (SSSR count). The van der Waals surface area contributed by atoms with Crippen molar-refractivity contribution in [2.24, 2.45) is 11.8 Å². The number of benzene rings is 2. The number of anilines is 4. The van der Waals surface area contributed by atoms with Crippen LogP contribution in [0.4, 0.5) is 27.8 Å². The summed E-state index contributed by atoms with van der Waals surface area (Å²) in [5.41, 5.74) is 7.32. The van der Waals surface area contributed by atoms with Crippen LogP contribution in [0, 0.1) is 18.8 Å². The standard InChI is InChI=1S/C42H53N11O3/c1-29(2)23-48-16-18-51(41(55)27-48)25-33-5-4-32(20-30(33)3)37-22-38(44-28-43-37)45-39-21-36-26-49(17-19-53(36)47-39)24-31-10-13-50(14-11-31)34-6-8-35(9-7-34)52-15-12-40(54)46-42(52)56/h4-9,20-22,28-29,31H,10-19,23-27H2,1-3H3,(H,46,54,56)(H,43,44,45,47). The van der Waals surface area contributed by atoms with Crippen molar-refractivity contribution in [1.29, 1.82) is 0 Å². The first-order valence-electron chi connectivity index (χ1n) is 20.1. The van der Waals surface area contributed by atoms with Gasteiger partial charge in [-0.3, -0.25) is 34.3 Å². The molecular formula is C42H53N11O3. The summed E-state index contributed by atoms with van der Waals surface area (Å²) in [6, 6.07) is 18.2. The van der Waals surface area contributed by atoms with E-state index in [9.17, 15) is 14.4 Å². The Morgan fingerprint density at radius 3 is 2.36 bits per heavy atom. The fraction of sp³-hybridized carbons (Fsp3) is 0.476. The molecule has 0 aliphatic carbocycles. The number of carbonyl (C=O) groups excluding carboxylic acids is 3. The molecule has 0 unspecified atom stereocenters. The number of nitrogens with zero attached hydrogens (tertiary/aromatic N) is 9. The van der Waals surface area contributed by atoms with Crippen molar-refractivity contribution in [2.75, 3.05) is 74.0 Å². The Balaban J connectivity index is 0.817. The fourth-order valence-electron chi connectivity index (χ4n) is 8.48. The Morgan fingerprint density at radius 1 is 0.821 bits per heavy atom. The number of aromatic nitrogens is 4. The average molecular weight is 760 g/mol. The lowest BCUT2D eigenvalue weighted by Gasteiger charge is -2.37. The van der Waals surface area contributed by atoms with Gasteiger partial charge in [-0.15, -0.1) is 0 Å². The molecule has 3 saturated heterocycles. The number of piperidine rings is 1. The predicted octanol–water partition coefficient (Wildman–Crippen LogP) is 4.87. The highest BCUT2D eigenvalue weighted by Gasteiger charge is 2.28. The number of aryl methyl sites for hydroxylation is 1. The van der Waals surface area contributed by atoms with Crippen LogP contribution in [0.5, 0.6) is 0 Å². The third-order valence-corrected chi connectivity index (χ3v) is 11.5. The number of fused-ring (bicyclic) bond motifs is 1. The molecule has 14 heteroatoms. The summed E-state index contributed by atoms with van der Waals surface area (Å²) in [4.78, 5) is 56.6. The molecule has 0 radical (unpaired) electrons. The highest BCUT2D eigenvalue weighted by atomic mass is 16.2. The van der Waals surface area contributed by atoms with Gasteiger partial charge in [0.05, 0.1) is 24.5 Å². The lowest BCUT2D eigenvalue weighted by atomic mass is 9.95. The Hall–Kier alpha value is -5.34. The number of rotatable bonds is 11. The van der Waals surface area contributed by atoms with Gasteiger partial charge in [-0.1, -0.05) is 26.0 Å². The number of hydrogen-bond acceptors (Lipinski definition) is 10. The van der Waals surface area contributed by atoms with Gasteiger partial charge in [0.2, 0.25) is 11.8 Å². The van der Waals surface area contributed by atoms with Crippen molar-refractivity contribution in [1.82, 2.24) is 39.8 Å². The van der Waals surface area contributed by atoms with Gasteiger partial charge >= 0.3 is 6.03 Å². The van der Waals surface area contributed by atoms with Crippen LogP contribution in [-0.2, 0) is 29.2 Å². The third kappa shape index (κ3) is 8.71. The Labute approximate surface area is 328 Å². The van der Waals surface area contributed by atoms with Crippen molar-refractivity contribution >= 4 is 40.9 Å². The molecule has 4 amide bonds. The number of imide groups is 1. The summed E-state index contributed by atoms with van der Waals surface area (Å²) in [6.45, 7) is 16.4. The highest BCUT2D eigenvalue weighted by molar-refractivity contribution is 6.05. The number of piperazine rings is 1. The van der Waals surface area contributed by atoms with Crippen LogP contribution < -0.4 is 20.4 Å². The molecular weight excluding hydrogens is 707 g/mol. The van der Waals surface area contributed by atoms with Gasteiger partial charge in [0.1, 0.15) is 12.1 Å². The van der Waals surface area contributed by atoms with Crippen LogP contribution >= 0.6 is 0 Å². The van der Waals surface area contributed by atoms with E-state index >= 15 is 0 Å². The molecule has 2 aromatic carbocycles. The first-order valence-corrected chi connectivity index (χ1v) is 20.1. The molecule has 0 spiro atoms. The average Bonchev–Trinajstić information content (AvgIpc) is 3.58. The van der Waals surface area contributed by atoms with E-state index in [1.54, 1.807) is 11.2 Å². The van der Waals surface area contributed by atoms with Crippen molar-refractivity contribution in [3.63, 3.8) is 0 Å². The molecule has 0 atom stereocenters. The Bertz CT molecular complexity index is 2060. The van der Waals surface area contributed by atoms with Crippen molar-refractivity contribution in [3.8, 4) is 11.3 Å². The summed E-state index contributed by atoms with van der Waals surface area (Å²) < 4.78 is 2.11. The molecule has 294 valence electrons. The maximum absolute atomic E-state index is 12.9. The molecule has 6 heterocycles. The third-order valence-electron chi connectivity index (χ3n) is 11.5. The molecule has 4 aromatic rings. The lowest BCUT2D eigenvalue weighted by Crippen LogP contribution is -2.50. The van der Waals surface area contributed by atoms with Crippen LogP contribution in [0.3, 0.4) is 0 Å². The highest BCUT2D eigenvalue weighted by Crippen LogP contribution is 2.29. The number of hydrogen-bond donors (Lipinski definition) is 2. The van der Waals surface area contributed by atoms with Crippen molar-refractivity contribution < 1.29 is 14.4 Å². The number of carbonyl (C=O) groups is 3. The summed E-state index contributed by atoms with van der Waals surface area (Å²) in [5.74, 6) is 2.65. The minimum Gasteiger partial charge on any atom is -0.372 e. The van der Waals surface area contributed by atoms with Crippen LogP contribution in [0.1, 0.15) is 49.9 Å². The zero-order valence-corrected chi connectivity index (χ0v) is 32.8. The quantitative estimate of drug-likeness (QED) is 0.218. The van der Waals surface area contributed by atoms with Gasteiger partial charge in [-0.2, -0.15) is 5.10 Å². The summed E-state index contributed by atoms with van der Waals surface area (Å²) >= 11 is 0. The first-order chi connectivity index (χ1) is 27.1. The van der Waals surface area contributed by atoms with Crippen molar-refractivity contribution in [2.45, 2.75) is 59.7 Å². The fourth-order valence-corrected chi connectivity index (χ4v) is 8.48. The molecule has 0 bridgehead atoms. The van der Waals surface area contributed by atoms with Gasteiger partial charge in [0.25, 0.3) is 0 Å². The van der Waals surface area contributed by atoms with E-state index in [-0.39, 0.29) is 17.8 Å². The Kier molecular flexibility index (Phi) is 11.0. The van der Waals surface area contributed by atoms with E-state index in [1.165, 1.54) is 11.4 Å². The zero-order chi connectivity index (χ0) is 38.8. The van der Waals surface area contributed by atoms with Gasteiger partial charge in [0.15, 0.2) is 5.82 Å². The maximum Gasteiger partial charge on any atom is 0.328 e. The molecule has 2 aromatic heterocycles. The van der Waals surface area contributed by atoms with Crippen LogP contribution in [-0.4, -0.2) is 111 Å². The van der Waals surface area contributed by atoms with Crippen LogP contribution in [0.2, 0.25) is 0 Å². The topological polar surface area (TPSA) is 135 Å². The maximum atomic E-state index is 12.9.